The predicted molar refractivity (Wildman–Crippen MR) is 84.4 cm³/mol. The largest absolute Gasteiger partial charge is 0.480 e. The Morgan fingerprint density at radius 1 is 1.18 bits per heavy atom. The van der Waals surface area contributed by atoms with Crippen molar-refractivity contribution in [2.45, 2.75) is 12.5 Å². The zero-order valence-electron chi connectivity index (χ0n) is 11.7. The normalized spacial score (nSPS) is 13.6. The summed E-state index contributed by atoms with van der Waals surface area (Å²) in [5.41, 5.74) is 8.29. The minimum Gasteiger partial charge on any atom is -0.480 e. The number of oxime groups is 1. The van der Waals surface area contributed by atoms with Crippen LogP contribution in [0.15, 0.2) is 47.6 Å². The van der Waals surface area contributed by atoms with E-state index in [2.05, 4.69) is 10.1 Å². The summed E-state index contributed by atoms with van der Waals surface area (Å²) in [7, 11) is 0. The van der Waals surface area contributed by atoms with Crippen molar-refractivity contribution in [1.82, 2.24) is 4.98 Å². The van der Waals surface area contributed by atoms with E-state index in [0.29, 0.717) is 5.56 Å². The Morgan fingerprint density at radius 2 is 1.91 bits per heavy atom. The summed E-state index contributed by atoms with van der Waals surface area (Å²) in [6.07, 6.45) is -0.0441. The molecule has 3 aromatic rings. The molecule has 0 bridgehead atoms. The third-order valence-electron chi connectivity index (χ3n) is 3.69. The highest BCUT2D eigenvalue weighted by Gasteiger charge is 2.17. The zero-order valence-corrected chi connectivity index (χ0v) is 11.7. The molecule has 1 unspecified atom stereocenters. The molecule has 1 atom stereocenters. The number of aliphatic carboxylic acids is 1. The van der Waals surface area contributed by atoms with Gasteiger partial charge in [0.2, 0.25) is 0 Å². The Morgan fingerprint density at radius 3 is 2.64 bits per heavy atom. The van der Waals surface area contributed by atoms with Crippen LogP contribution in [0.25, 0.3) is 21.8 Å². The summed E-state index contributed by atoms with van der Waals surface area (Å²) in [6.45, 7) is 0. The topological polar surface area (TPSA) is 112 Å². The second kappa shape index (κ2) is 5.50. The third kappa shape index (κ3) is 2.40. The Balaban J connectivity index is 2.04. The summed E-state index contributed by atoms with van der Waals surface area (Å²) in [6, 6.07) is 12.4. The maximum absolute atomic E-state index is 10.8. The number of aromatic nitrogens is 1. The molecule has 2 aromatic carbocycles. The number of hydrogen-bond acceptors (Lipinski definition) is 4. The van der Waals surface area contributed by atoms with E-state index in [0.717, 1.165) is 21.8 Å². The van der Waals surface area contributed by atoms with Crippen molar-refractivity contribution in [2.75, 3.05) is 0 Å². The number of H-pyrrole nitrogens is 1. The van der Waals surface area contributed by atoms with Crippen LogP contribution in [0.5, 0.6) is 0 Å². The molecule has 6 heteroatoms. The number of benzene rings is 2. The molecule has 0 amide bonds. The average molecular weight is 297 g/mol. The van der Waals surface area contributed by atoms with Crippen molar-refractivity contribution in [3.05, 3.63) is 48.0 Å². The van der Waals surface area contributed by atoms with Crippen LogP contribution in [0.3, 0.4) is 0 Å². The van der Waals surface area contributed by atoms with Gasteiger partial charge in [0.1, 0.15) is 6.04 Å². The fourth-order valence-electron chi connectivity index (χ4n) is 2.55. The van der Waals surface area contributed by atoms with Gasteiger partial charge >= 0.3 is 5.97 Å². The lowest BCUT2D eigenvalue weighted by Gasteiger charge is -2.08. The van der Waals surface area contributed by atoms with Crippen LogP contribution in [0.2, 0.25) is 0 Å². The number of fused-ring (bicyclic) bond motifs is 3. The second-order valence-electron chi connectivity index (χ2n) is 5.13. The number of carbonyl (C=O) groups is 1. The first-order chi connectivity index (χ1) is 10.6. The number of carboxylic acids is 1. The standard InChI is InChI=1S/C16H15N3O3/c17-12(16(20)21)8-14(19-22)9-5-6-11-10-3-1-2-4-13(10)18-15(11)7-9/h1-7,12,18,22H,8,17H2,(H,20,21). The highest BCUT2D eigenvalue weighted by molar-refractivity contribution is 6.10. The van der Waals surface area contributed by atoms with E-state index in [1.807, 2.05) is 36.4 Å². The average Bonchev–Trinajstić information content (AvgIpc) is 2.89. The molecule has 1 heterocycles. The van der Waals surface area contributed by atoms with Crippen LogP contribution in [-0.2, 0) is 4.79 Å². The lowest BCUT2D eigenvalue weighted by molar-refractivity contribution is -0.138. The van der Waals surface area contributed by atoms with Crippen LogP contribution in [0, 0.1) is 0 Å². The van der Waals surface area contributed by atoms with Gasteiger partial charge in [-0.2, -0.15) is 0 Å². The van der Waals surface area contributed by atoms with Gasteiger partial charge in [-0.25, -0.2) is 0 Å². The molecule has 1 aromatic heterocycles. The SMILES string of the molecule is NC(CC(=NO)c1ccc2c(c1)[nH]c1ccccc12)C(=O)O. The Kier molecular flexibility index (Phi) is 3.52. The quantitative estimate of drug-likeness (QED) is 0.336. The number of carboxylic acid groups (broad SMARTS) is 1. The van der Waals surface area contributed by atoms with Crippen LogP contribution < -0.4 is 5.73 Å². The van der Waals surface area contributed by atoms with Gasteiger partial charge in [-0.1, -0.05) is 35.5 Å². The van der Waals surface area contributed by atoms with E-state index in [9.17, 15) is 4.79 Å². The smallest absolute Gasteiger partial charge is 0.320 e. The van der Waals surface area contributed by atoms with E-state index in [4.69, 9.17) is 16.0 Å². The molecule has 0 saturated carbocycles. The molecule has 5 N–H and O–H groups in total. The van der Waals surface area contributed by atoms with Gasteiger partial charge in [-0.05, 0) is 12.1 Å². The highest BCUT2D eigenvalue weighted by atomic mass is 16.4. The number of hydrogen-bond donors (Lipinski definition) is 4. The molecule has 0 saturated heterocycles. The first kappa shape index (κ1) is 14.1. The second-order valence-corrected chi connectivity index (χ2v) is 5.13. The molecule has 22 heavy (non-hydrogen) atoms. The predicted octanol–water partition coefficient (Wildman–Crippen LogP) is 2.30. The van der Waals surface area contributed by atoms with E-state index in [-0.39, 0.29) is 12.1 Å². The molecule has 112 valence electrons. The van der Waals surface area contributed by atoms with Gasteiger partial charge in [0.25, 0.3) is 0 Å². The molecule has 3 rings (SSSR count). The van der Waals surface area contributed by atoms with Crippen molar-refractivity contribution in [1.29, 1.82) is 0 Å². The van der Waals surface area contributed by atoms with Crippen LogP contribution in [-0.4, -0.2) is 33.0 Å². The maximum Gasteiger partial charge on any atom is 0.320 e. The van der Waals surface area contributed by atoms with Crippen LogP contribution >= 0.6 is 0 Å². The summed E-state index contributed by atoms with van der Waals surface area (Å²) >= 11 is 0. The van der Waals surface area contributed by atoms with Crippen molar-refractivity contribution in [2.24, 2.45) is 10.9 Å². The Bertz CT molecular complexity index is 883. The number of nitrogens with two attached hydrogens (primary N) is 1. The first-order valence-corrected chi connectivity index (χ1v) is 6.80. The number of aromatic amines is 1. The minimum atomic E-state index is -1.13. The molecular formula is C16H15N3O3. The van der Waals surface area contributed by atoms with E-state index in [1.165, 1.54) is 0 Å². The van der Waals surface area contributed by atoms with Crippen molar-refractivity contribution in [3.8, 4) is 0 Å². The van der Waals surface area contributed by atoms with Crippen molar-refractivity contribution in [3.63, 3.8) is 0 Å². The number of nitrogens with zero attached hydrogens (tertiary/aromatic N) is 1. The number of nitrogens with one attached hydrogen (secondary N) is 1. The van der Waals surface area contributed by atoms with Crippen molar-refractivity contribution < 1.29 is 15.1 Å². The van der Waals surface area contributed by atoms with Crippen LogP contribution in [0.1, 0.15) is 12.0 Å². The molecule has 0 fully saturated rings. The van der Waals surface area contributed by atoms with Crippen LogP contribution in [0.4, 0.5) is 0 Å². The molecule has 0 aliphatic heterocycles. The lowest BCUT2D eigenvalue weighted by atomic mass is 10.0. The third-order valence-corrected chi connectivity index (χ3v) is 3.69. The zero-order chi connectivity index (χ0) is 15.7. The van der Waals surface area contributed by atoms with Gasteiger partial charge in [0.15, 0.2) is 0 Å². The van der Waals surface area contributed by atoms with Gasteiger partial charge in [-0.3, -0.25) is 4.79 Å². The van der Waals surface area contributed by atoms with Gasteiger partial charge in [0.05, 0.1) is 5.71 Å². The minimum absolute atomic E-state index is 0.0441. The molecular weight excluding hydrogens is 282 g/mol. The van der Waals surface area contributed by atoms with E-state index >= 15 is 0 Å². The monoisotopic (exact) mass is 297 g/mol. The Labute approximate surface area is 125 Å². The summed E-state index contributed by atoms with van der Waals surface area (Å²) in [5.74, 6) is -1.13. The summed E-state index contributed by atoms with van der Waals surface area (Å²) in [5, 5.41) is 23.4. The van der Waals surface area contributed by atoms with E-state index < -0.39 is 12.0 Å². The fraction of sp³-hybridized carbons (Fsp3) is 0.125. The lowest BCUT2D eigenvalue weighted by Crippen LogP contribution is -2.32. The molecule has 0 radical (unpaired) electrons. The highest BCUT2D eigenvalue weighted by Crippen LogP contribution is 2.26. The van der Waals surface area contributed by atoms with Crippen molar-refractivity contribution >= 4 is 33.5 Å². The maximum atomic E-state index is 10.8. The molecule has 0 aliphatic carbocycles. The number of rotatable bonds is 4. The molecule has 0 spiro atoms. The molecule has 0 aliphatic rings. The van der Waals surface area contributed by atoms with Gasteiger partial charge < -0.3 is 21.0 Å². The van der Waals surface area contributed by atoms with E-state index in [1.54, 1.807) is 6.07 Å². The first-order valence-electron chi connectivity index (χ1n) is 6.80. The van der Waals surface area contributed by atoms with Gasteiger partial charge in [-0.15, -0.1) is 0 Å². The Hall–Kier alpha value is -2.86. The fourth-order valence-corrected chi connectivity index (χ4v) is 2.55. The summed E-state index contributed by atoms with van der Waals surface area (Å²) in [4.78, 5) is 14.1. The van der Waals surface area contributed by atoms with Gasteiger partial charge in [0, 0.05) is 33.8 Å². The number of para-hydroxylation sites is 1. The summed E-state index contributed by atoms with van der Waals surface area (Å²) < 4.78 is 0. The molecule has 6 nitrogen and oxygen atoms in total.